The largest absolute Gasteiger partial charge is 0.472 e. The molecule has 0 heterocycles. The lowest BCUT2D eigenvalue weighted by molar-refractivity contribution is -0.870. The van der Waals surface area contributed by atoms with Crippen molar-refractivity contribution < 1.29 is 42.1 Å². The second-order valence-corrected chi connectivity index (χ2v) is 25.6. The van der Waals surface area contributed by atoms with E-state index >= 15 is 0 Å². The molecular weight excluding hydrogens is 1010 g/mol. The van der Waals surface area contributed by atoms with E-state index in [4.69, 9.17) is 18.5 Å². The van der Waals surface area contributed by atoms with Gasteiger partial charge >= 0.3 is 19.8 Å². The first-order valence-corrected chi connectivity index (χ1v) is 35.5. The quantitative estimate of drug-likeness (QED) is 0.0211. The number of hydrogen-bond donors (Lipinski definition) is 1. The summed E-state index contributed by atoms with van der Waals surface area (Å²) in [6.45, 7) is 4.37. The summed E-state index contributed by atoms with van der Waals surface area (Å²) in [5.74, 6) is -0.782. The van der Waals surface area contributed by atoms with Gasteiger partial charge in [0.05, 0.1) is 27.7 Å². The van der Waals surface area contributed by atoms with Gasteiger partial charge in [-0.05, 0) is 77.0 Å². The molecule has 0 fully saturated rings. The molecule has 0 aliphatic carbocycles. The Bertz CT molecular complexity index is 1530. The van der Waals surface area contributed by atoms with Crippen molar-refractivity contribution in [2.24, 2.45) is 0 Å². The summed E-state index contributed by atoms with van der Waals surface area (Å²) in [6.07, 6.45) is 80.3. The lowest BCUT2D eigenvalue weighted by atomic mass is 10.0. The van der Waals surface area contributed by atoms with Crippen LogP contribution < -0.4 is 0 Å². The van der Waals surface area contributed by atoms with Crippen LogP contribution in [0.4, 0.5) is 0 Å². The topological polar surface area (TPSA) is 108 Å². The third-order valence-electron chi connectivity index (χ3n) is 15.0. The molecule has 0 spiro atoms. The molecule has 0 rings (SSSR count). The van der Waals surface area contributed by atoms with Crippen LogP contribution in [-0.4, -0.2) is 74.9 Å². The van der Waals surface area contributed by atoms with E-state index in [1.165, 1.54) is 231 Å². The van der Waals surface area contributed by atoms with E-state index in [0.717, 1.165) is 57.8 Å². The summed E-state index contributed by atoms with van der Waals surface area (Å²) in [5, 5.41) is 0. The fourth-order valence-corrected chi connectivity index (χ4v) is 10.6. The lowest BCUT2D eigenvalue weighted by Crippen LogP contribution is -2.37. The number of nitrogens with zero attached hydrogens (tertiary/aromatic N) is 1. The molecule has 0 aliphatic rings. The predicted octanol–water partition coefficient (Wildman–Crippen LogP) is 21.8. The molecule has 0 bridgehead atoms. The summed E-state index contributed by atoms with van der Waals surface area (Å²) < 4.78 is 34.7. The third kappa shape index (κ3) is 64.9. The van der Waals surface area contributed by atoms with Crippen molar-refractivity contribution in [2.75, 3.05) is 47.5 Å². The van der Waals surface area contributed by atoms with Gasteiger partial charge in [-0.1, -0.05) is 293 Å². The normalized spacial score (nSPS) is 13.5. The molecular formula is C70H131NO8P+. The van der Waals surface area contributed by atoms with E-state index in [0.29, 0.717) is 23.9 Å². The van der Waals surface area contributed by atoms with Gasteiger partial charge in [-0.15, -0.1) is 0 Å². The zero-order valence-corrected chi connectivity index (χ0v) is 54.2. The number of allylic oxidation sites excluding steroid dienone is 10. The van der Waals surface area contributed by atoms with Crippen molar-refractivity contribution in [2.45, 2.75) is 328 Å². The fraction of sp³-hybridized carbons (Fsp3) is 0.829. The van der Waals surface area contributed by atoms with Gasteiger partial charge in [-0.2, -0.15) is 0 Å². The zero-order chi connectivity index (χ0) is 58.4. The molecule has 10 heteroatoms. The van der Waals surface area contributed by atoms with E-state index in [9.17, 15) is 19.0 Å². The Kier molecular flexibility index (Phi) is 59.5. The molecule has 0 saturated heterocycles. The summed E-state index contributed by atoms with van der Waals surface area (Å²) in [5.41, 5.74) is 0. The number of likely N-dealkylation sites (N-methyl/N-ethyl adjacent to an activating group) is 1. The Balaban J connectivity index is 4.04. The number of esters is 2. The van der Waals surface area contributed by atoms with Crippen LogP contribution in [0, 0.1) is 0 Å². The van der Waals surface area contributed by atoms with Crippen LogP contribution in [-0.2, 0) is 32.7 Å². The number of hydrogen-bond acceptors (Lipinski definition) is 7. The van der Waals surface area contributed by atoms with Gasteiger partial charge in [0.25, 0.3) is 0 Å². The predicted molar refractivity (Wildman–Crippen MR) is 344 cm³/mol. The van der Waals surface area contributed by atoms with Gasteiger partial charge in [0, 0.05) is 12.8 Å². The molecule has 80 heavy (non-hydrogen) atoms. The third-order valence-corrected chi connectivity index (χ3v) is 16.0. The van der Waals surface area contributed by atoms with Crippen LogP contribution in [0.1, 0.15) is 322 Å². The van der Waals surface area contributed by atoms with E-state index in [2.05, 4.69) is 74.6 Å². The van der Waals surface area contributed by atoms with Crippen LogP contribution in [0.15, 0.2) is 60.8 Å². The molecule has 9 nitrogen and oxygen atoms in total. The van der Waals surface area contributed by atoms with Gasteiger partial charge < -0.3 is 18.9 Å². The number of phosphoric acid groups is 1. The van der Waals surface area contributed by atoms with E-state index in [1.54, 1.807) is 0 Å². The number of carbonyl (C=O) groups excluding carboxylic acids is 2. The maximum absolute atomic E-state index is 12.9. The van der Waals surface area contributed by atoms with Crippen LogP contribution in [0.2, 0.25) is 0 Å². The highest BCUT2D eigenvalue weighted by molar-refractivity contribution is 7.47. The molecule has 0 amide bonds. The van der Waals surface area contributed by atoms with Gasteiger partial charge in [-0.25, -0.2) is 4.57 Å². The van der Waals surface area contributed by atoms with Crippen molar-refractivity contribution in [3.05, 3.63) is 60.8 Å². The smallest absolute Gasteiger partial charge is 0.462 e. The SMILES string of the molecule is CC/C=C\C/C=C\C/C=C\C/C=C\CCCCCCCCCCCCCCCCCCC(=O)OC(COC(=O)CCCCCCCCCCCCCCCCC/C=C\CCCCCCCCCC)COP(=O)(O)OCC[N+](C)(C)C. The summed E-state index contributed by atoms with van der Waals surface area (Å²) in [6, 6.07) is 0. The number of quaternary nitrogens is 1. The average molecular weight is 1150 g/mol. The number of rotatable bonds is 63. The fourth-order valence-electron chi connectivity index (χ4n) is 9.83. The first-order chi connectivity index (χ1) is 39.0. The van der Waals surface area contributed by atoms with Crippen molar-refractivity contribution >= 4 is 19.8 Å². The number of unbranched alkanes of at least 4 members (excludes halogenated alkanes) is 39. The minimum Gasteiger partial charge on any atom is -0.462 e. The molecule has 0 aliphatic heterocycles. The summed E-state index contributed by atoms with van der Waals surface area (Å²) >= 11 is 0. The molecule has 0 saturated carbocycles. The van der Waals surface area contributed by atoms with Crippen molar-refractivity contribution in [3.8, 4) is 0 Å². The molecule has 0 radical (unpaired) electrons. The standard InChI is InChI=1S/C70H130NO8P/c1-6-8-10-12-14-16-18-20-22-24-26-28-30-32-34-35-37-39-41-43-45-47-49-51-53-55-57-59-61-63-70(73)79-68(67-78-80(74,75)77-65-64-71(3,4)5)66-76-69(72)62-60-58-56-54-52-50-48-46-44-42-40-38-36-33-31-29-27-25-23-21-19-17-15-13-11-9-7-2/h8,10,14,16,20,22,25-28,68H,6-7,9,11-13,15,17-19,21,23-24,29-67H2,1-5H3/p+1/b10-8-,16-14-,22-20-,27-25-,28-26-. The summed E-state index contributed by atoms with van der Waals surface area (Å²) in [7, 11) is 1.49. The van der Waals surface area contributed by atoms with Crippen LogP contribution in [0.5, 0.6) is 0 Å². The average Bonchev–Trinajstić information content (AvgIpc) is 3.42. The van der Waals surface area contributed by atoms with Crippen LogP contribution in [0.3, 0.4) is 0 Å². The van der Waals surface area contributed by atoms with Gasteiger partial charge in [0.15, 0.2) is 6.10 Å². The summed E-state index contributed by atoms with van der Waals surface area (Å²) in [4.78, 5) is 35.9. The van der Waals surface area contributed by atoms with Crippen molar-refractivity contribution in [3.63, 3.8) is 0 Å². The molecule has 2 atom stereocenters. The zero-order valence-electron chi connectivity index (χ0n) is 53.3. The van der Waals surface area contributed by atoms with E-state index < -0.39 is 26.5 Å². The Morgan fingerprint density at radius 3 is 1.07 bits per heavy atom. The number of phosphoric ester groups is 1. The minimum absolute atomic E-state index is 0.0324. The molecule has 1 N–H and O–H groups in total. The lowest BCUT2D eigenvalue weighted by Gasteiger charge is -2.24. The van der Waals surface area contributed by atoms with Crippen LogP contribution in [0.25, 0.3) is 0 Å². The Morgan fingerprint density at radius 2 is 0.713 bits per heavy atom. The van der Waals surface area contributed by atoms with Crippen LogP contribution >= 0.6 is 7.82 Å². The highest BCUT2D eigenvalue weighted by Crippen LogP contribution is 2.43. The van der Waals surface area contributed by atoms with E-state index in [-0.39, 0.29) is 25.6 Å². The molecule has 0 aromatic carbocycles. The van der Waals surface area contributed by atoms with Crippen molar-refractivity contribution in [1.29, 1.82) is 0 Å². The number of ether oxygens (including phenoxy) is 2. The Morgan fingerprint density at radius 1 is 0.400 bits per heavy atom. The van der Waals surface area contributed by atoms with Gasteiger partial charge in [0.1, 0.15) is 19.8 Å². The Hall–Kier alpha value is -2.29. The maximum atomic E-state index is 12.9. The highest BCUT2D eigenvalue weighted by Gasteiger charge is 2.27. The Labute approximate surface area is 496 Å². The van der Waals surface area contributed by atoms with Gasteiger partial charge in [-0.3, -0.25) is 18.6 Å². The van der Waals surface area contributed by atoms with Gasteiger partial charge in [0.2, 0.25) is 0 Å². The molecule has 2 unspecified atom stereocenters. The second kappa shape index (κ2) is 61.3. The molecule has 0 aromatic heterocycles. The minimum atomic E-state index is -4.39. The second-order valence-electron chi connectivity index (χ2n) is 24.2. The first kappa shape index (κ1) is 77.7. The molecule has 468 valence electrons. The first-order valence-electron chi connectivity index (χ1n) is 34.0. The molecule has 0 aromatic rings. The highest BCUT2D eigenvalue weighted by atomic mass is 31.2. The monoisotopic (exact) mass is 1140 g/mol. The maximum Gasteiger partial charge on any atom is 0.472 e. The van der Waals surface area contributed by atoms with E-state index in [1.807, 2.05) is 21.1 Å². The van der Waals surface area contributed by atoms with Crippen molar-refractivity contribution in [1.82, 2.24) is 0 Å². The number of carbonyl (C=O) groups is 2.